The highest BCUT2D eigenvalue weighted by molar-refractivity contribution is 7.09. The van der Waals surface area contributed by atoms with Gasteiger partial charge >= 0.3 is 0 Å². The Hall–Kier alpha value is -2.62. The maximum atomic E-state index is 6.26. The van der Waals surface area contributed by atoms with Crippen molar-refractivity contribution in [2.24, 2.45) is 0 Å². The van der Waals surface area contributed by atoms with Crippen molar-refractivity contribution in [3.63, 3.8) is 0 Å². The van der Waals surface area contributed by atoms with Gasteiger partial charge in [-0.3, -0.25) is 0 Å². The number of aromatic nitrogens is 3. The van der Waals surface area contributed by atoms with E-state index in [1.54, 1.807) is 30.6 Å². The number of halogens is 1. The first-order valence-electron chi connectivity index (χ1n) is 10.7. The average Bonchev–Trinajstić information content (AvgIpc) is 3.48. The highest BCUT2D eigenvalue weighted by atomic mass is 35.5. The van der Waals surface area contributed by atoms with Crippen molar-refractivity contribution in [1.82, 2.24) is 20.3 Å². The minimum absolute atomic E-state index is 0.169. The summed E-state index contributed by atoms with van der Waals surface area (Å²) in [7, 11) is 1.58. The van der Waals surface area contributed by atoms with E-state index in [1.165, 1.54) is 11.3 Å². The molecule has 0 aliphatic carbocycles. The van der Waals surface area contributed by atoms with Crippen molar-refractivity contribution in [2.75, 3.05) is 29.6 Å². The van der Waals surface area contributed by atoms with E-state index in [-0.39, 0.29) is 12.0 Å². The topological polar surface area (TPSA) is 101 Å². The van der Waals surface area contributed by atoms with E-state index in [0.717, 1.165) is 25.1 Å². The Labute approximate surface area is 197 Å². The van der Waals surface area contributed by atoms with E-state index in [4.69, 9.17) is 27.1 Å². The van der Waals surface area contributed by atoms with Gasteiger partial charge in [-0.05, 0) is 55.5 Å². The van der Waals surface area contributed by atoms with Crippen LogP contribution in [0.15, 0.2) is 35.7 Å². The van der Waals surface area contributed by atoms with Crippen molar-refractivity contribution < 1.29 is 4.74 Å². The zero-order valence-electron chi connectivity index (χ0n) is 18.2. The van der Waals surface area contributed by atoms with Crippen molar-refractivity contribution in [2.45, 2.75) is 44.8 Å². The van der Waals surface area contributed by atoms with Crippen LogP contribution < -0.4 is 26.0 Å². The Bertz CT molecular complexity index is 1030. The van der Waals surface area contributed by atoms with Gasteiger partial charge in [-0.2, -0.15) is 15.0 Å². The molecule has 1 aliphatic heterocycles. The molecule has 170 valence electrons. The third kappa shape index (κ3) is 5.23. The molecule has 3 heterocycles. The van der Waals surface area contributed by atoms with Crippen LogP contribution in [0.5, 0.6) is 5.75 Å². The predicted octanol–water partition coefficient (Wildman–Crippen LogP) is 4.46. The molecule has 32 heavy (non-hydrogen) atoms. The molecule has 10 heteroatoms. The molecular weight excluding hydrogens is 446 g/mol. The summed E-state index contributed by atoms with van der Waals surface area (Å²) in [5.74, 6) is 1.71. The van der Waals surface area contributed by atoms with Gasteiger partial charge in [-0.1, -0.05) is 24.6 Å². The van der Waals surface area contributed by atoms with Crippen LogP contribution in [0.4, 0.5) is 23.5 Å². The van der Waals surface area contributed by atoms with Gasteiger partial charge in [0.1, 0.15) is 5.75 Å². The lowest BCUT2D eigenvalue weighted by atomic mass is 10.0. The maximum absolute atomic E-state index is 6.26. The molecule has 1 saturated heterocycles. The lowest BCUT2D eigenvalue weighted by molar-refractivity contribution is 0.415. The first-order valence-corrected chi connectivity index (χ1v) is 12.0. The Morgan fingerprint density at radius 1 is 1.34 bits per heavy atom. The molecule has 2 unspecified atom stereocenters. The minimum atomic E-state index is 0.169. The Balaban J connectivity index is 1.65. The molecule has 2 aromatic heterocycles. The van der Waals surface area contributed by atoms with Gasteiger partial charge in [-0.25, -0.2) is 0 Å². The highest BCUT2D eigenvalue weighted by Crippen LogP contribution is 2.30. The van der Waals surface area contributed by atoms with E-state index in [2.05, 4.69) is 49.9 Å². The van der Waals surface area contributed by atoms with Gasteiger partial charge in [-0.15, -0.1) is 11.3 Å². The number of hydrogen-bond donors (Lipinski definition) is 3. The fourth-order valence-electron chi connectivity index (χ4n) is 4.11. The van der Waals surface area contributed by atoms with Gasteiger partial charge < -0.3 is 26.0 Å². The summed E-state index contributed by atoms with van der Waals surface area (Å²) in [6.45, 7) is 3.96. The number of hydrogen-bond acceptors (Lipinski definition) is 9. The summed E-state index contributed by atoms with van der Waals surface area (Å²) >= 11 is 7.99. The Morgan fingerprint density at radius 3 is 2.88 bits per heavy atom. The fourth-order valence-corrected chi connectivity index (χ4v) is 5.07. The van der Waals surface area contributed by atoms with Gasteiger partial charge in [0, 0.05) is 22.6 Å². The summed E-state index contributed by atoms with van der Waals surface area (Å²) in [5.41, 5.74) is 6.84. The third-order valence-corrected chi connectivity index (χ3v) is 6.75. The van der Waals surface area contributed by atoms with Crippen LogP contribution in [-0.2, 0) is 6.54 Å². The summed E-state index contributed by atoms with van der Waals surface area (Å²) < 4.78 is 5.22. The molecule has 0 bridgehead atoms. The van der Waals surface area contributed by atoms with Crippen molar-refractivity contribution in [1.29, 1.82) is 0 Å². The summed E-state index contributed by atoms with van der Waals surface area (Å²) in [6, 6.07) is 10.2. The maximum Gasteiger partial charge on any atom is 0.233 e. The Kier molecular flexibility index (Phi) is 7.29. The van der Waals surface area contributed by atoms with Crippen LogP contribution >= 0.6 is 22.9 Å². The number of nitrogen functional groups attached to an aromatic ring is 1. The quantitative estimate of drug-likeness (QED) is 0.418. The first kappa shape index (κ1) is 22.6. The van der Waals surface area contributed by atoms with Crippen LogP contribution in [0.2, 0.25) is 5.02 Å². The molecule has 0 radical (unpaired) electrons. The van der Waals surface area contributed by atoms with E-state index in [0.29, 0.717) is 35.3 Å². The van der Waals surface area contributed by atoms with Crippen LogP contribution in [0, 0.1) is 0 Å². The normalized spacial score (nSPS) is 16.7. The molecule has 4 rings (SSSR count). The van der Waals surface area contributed by atoms with Crippen molar-refractivity contribution >= 4 is 46.5 Å². The number of ether oxygens (including phenoxy) is 1. The molecule has 0 amide bonds. The molecule has 0 saturated carbocycles. The van der Waals surface area contributed by atoms with Crippen molar-refractivity contribution in [3.8, 4) is 5.75 Å². The number of anilines is 4. The monoisotopic (exact) mass is 473 g/mol. The second-order valence-corrected chi connectivity index (χ2v) is 9.12. The van der Waals surface area contributed by atoms with E-state index in [1.807, 2.05) is 6.07 Å². The fraction of sp³-hybridized carbons (Fsp3) is 0.409. The summed E-state index contributed by atoms with van der Waals surface area (Å²) in [5, 5.41) is 9.42. The molecule has 3 aromatic rings. The van der Waals surface area contributed by atoms with Crippen molar-refractivity contribution in [3.05, 3.63) is 45.6 Å². The van der Waals surface area contributed by atoms with Crippen LogP contribution in [0.3, 0.4) is 0 Å². The number of nitrogens with two attached hydrogens (primary N) is 1. The van der Waals surface area contributed by atoms with Crippen LogP contribution in [0.25, 0.3) is 0 Å². The first-order chi connectivity index (χ1) is 15.6. The summed E-state index contributed by atoms with van der Waals surface area (Å²) in [6.07, 6.45) is 3.28. The zero-order chi connectivity index (χ0) is 22.5. The molecule has 2 atom stereocenters. The number of nitrogens with one attached hydrogen (secondary N) is 2. The molecule has 0 spiro atoms. The van der Waals surface area contributed by atoms with Gasteiger partial charge in [0.05, 0.1) is 18.7 Å². The zero-order valence-corrected chi connectivity index (χ0v) is 19.8. The lowest BCUT2D eigenvalue weighted by Gasteiger charge is -2.35. The smallest absolute Gasteiger partial charge is 0.233 e. The average molecular weight is 474 g/mol. The second-order valence-electron chi connectivity index (χ2n) is 7.68. The molecule has 1 aliphatic rings. The van der Waals surface area contributed by atoms with Gasteiger partial charge in [0.25, 0.3) is 0 Å². The molecule has 8 nitrogen and oxygen atoms in total. The van der Waals surface area contributed by atoms with Gasteiger partial charge in [0.15, 0.2) is 0 Å². The lowest BCUT2D eigenvalue weighted by Crippen LogP contribution is -2.48. The highest BCUT2D eigenvalue weighted by Gasteiger charge is 2.31. The molecular formula is C22H28ClN7OS. The predicted molar refractivity (Wildman–Crippen MR) is 131 cm³/mol. The largest absolute Gasteiger partial charge is 0.495 e. The van der Waals surface area contributed by atoms with Crippen LogP contribution in [-0.4, -0.2) is 40.7 Å². The number of nitrogens with zero attached hydrogens (tertiary/aromatic N) is 4. The molecule has 1 fully saturated rings. The number of benzene rings is 1. The standard InChI is InChI=1S/C22H28ClN7OS/c1-3-18(17-7-4-10-25-17)30(13-15-6-5-11-32-15)22-28-20(24)27-21(29-22)26-14-8-9-19(31-2)16(23)12-14/h5-6,8-9,11-12,17-18,25H,3-4,7,10,13H2,1-2H3,(H3,24,26,27,28,29). The number of rotatable bonds is 9. The van der Waals surface area contributed by atoms with E-state index >= 15 is 0 Å². The third-order valence-electron chi connectivity index (χ3n) is 5.59. The Morgan fingerprint density at radius 2 is 2.22 bits per heavy atom. The number of thiophene rings is 1. The van der Waals surface area contributed by atoms with E-state index < -0.39 is 0 Å². The molecule has 4 N–H and O–H groups in total. The SMILES string of the molecule is CCC(C1CCCN1)N(Cc1cccs1)c1nc(N)nc(Nc2ccc(OC)c(Cl)c2)n1. The van der Waals surface area contributed by atoms with Crippen LogP contribution in [0.1, 0.15) is 31.1 Å². The molecule has 1 aromatic carbocycles. The van der Waals surface area contributed by atoms with E-state index in [9.17, 15) is 0 Å². The minimum Gasteiger partial charge on any atom is -0.495 e. The van der Waals surface area contributed by atoms with Gasteiger partial charge in [0.2, 0.25) is 17.8 Å². The summed E-state index contributed by atoms with van der Waals surface area (Å²) in [4.78, 5) is 17.0. The second kappa shape index (κ2) is 10.3. The number of methoxy groups -OCH3 is 1.